The molecule has 1 N–H and O–H groups in total. The van der Waals surface area contributed by atoms with Crippen molar-refractivity contribution in [1.29, 1.82) is 0 Å². The van der Waals surface area contributed by atoms with Crippen molar-refractivity contribution in [3.8, 4) is 0 Å². The van der Waals surface area contributed by atoms with E-state index >= 15 is 0 Å². The average Bonchev–Trinajstić information content (AvgIpc) is 1.90. The van der Waals surface area contributed by atoms with Gasteiger partial charge in [0.1, 0.15) is 0 Å². The smallest absolute Gasteiger partial charge is 0.0624 e. The predicted octanol–water partition coefficient (Wildman–Crippen LogP) is 1.65. The highest BCUT2D eigenvalue weighted by molar-refractivity contribution is 7.81. The van der Waals surface area contributed by atoms with Crippen molar-refractivity contribution in [2.75, 3.05) is 4.72 Å². The van der Waals surface area contributed by atoms with Gasteiger partial charge in [-0.3, -0.25) is 4.98 Å². The molecule has 1 heterocycles. The molecule has 2 nitrogen and oxygen atoms in total. The maximum absolute atomic E-state index is 4.04. The maximum Gasteiger partial charge on any atom is 0.0624 e. The van der Waals surface area contributed by atoms with E-state index in [1.54, 1.807) is 6.20 Å². The van der Waals surface area contributed by atoms with Gasteiger partial charge in [-0.15, -0.1) is 0 Å². The van der Waals surface area contributed by atoms with Crippen LogP contribution in [0.1, 0.15) is 5.69 Å². The van der Waals surface area contributed by atoms with Crippen LogP contribution in [0.25, 0.3) is 0 Å². The summed E-state index contributed by atoms with van der Waals surface area (Å²) in [4.78, 5) is 4.04. The average molecular weight is 140 g/mol. The lowest BCUT2D eigenvalue weighted by Crippen LogP contribution is -1.83. The first kappa shape index (κ1) is 6.42. The molecule has 0 saturated heterocycles. The third-order valence-corrected chi connectivity index (χ3v) is 1.30. The highest BCUT2D eigenvalue weighted by Crippen LogP contribution is 2.04. The van der Waals surface area contributed by atoms with Crippen molar-refractivity contribution in [3.63, 3.8) is 0 Å². The molecule has 0 aliphatic heterocycles. The van der Waals surface area contributed by atoms with Crippen molar-refractivity contribution in [3.05, 3.63) is 24.0 Å². The Morgan fingerprint density at radius 1 is 1.56 bits per heavy atom. The molecule has 0 amide bonds. The number of hydrogen-bond acceptors (Lipinski definition) is 3. The molecule has 1 rings (SSSR count). The first-order chi connectivity index (χ1) is 4.33. The quantitative estimate of drug-likeness (QED) is 0.580. The third-order valence-electron chi connectivity index (χ3n) is 1.04. The molecule has 0 fully saturated rings. The lowest BCUT2D eigenvalue weighted by Gasteiger charge is -1.95. The van der Waals surface area contributed by atoms with E-state index in [1.165, 1.54) is 0 Å². The zero-order valence-corrected chi connectivity index (χ0v) is 6.02. The number of thiol groups is 1. The van der Waals surface area contributed by atoms with E-state index in [4.69, 9.17) is 0 Å². The molecule has 0 spiro atoms. The Labute approximate surface area is 59.9 Å². The minimum Gasteiger partial charge on any atom is -0.331 e. The number of anilines is 1. The van der Waals surface area contributed by atoms with Crippen LogP contribution in [0.15, 0.2) is 18.3 Å². The summed E-state index contributed by atoms with van der Waals surface area (Å²) < 4.78 is 2.69. The van der Waals surface area contributed by atoms with Gasteiger partial charge in [0.05, 0.1) is 11.9 Å². The molecule has 0 aliphatic carbocycles. The summed E-state index contributed by atoms with van der Waals surface area (Å²) in [6, 6.07) is 3.86. The summed E-state index contributed by atoms with van der Waals surface area (Å²) in [6.07, 6.45) is 1.74. The zero-order chi connectivity index (χ0) is 6.69. The Balaban J connectivity index is 2.88. The van der Waals surface area contributed by atoms with Crippen LogP contribution in [0, 0.1) is 6.92 Å². The number of aromatic nitrogens is 1. The molecule has 0 aromatic carbocycles. The molecule has 3 heteroatoms. The van der Waals surface area contributed by atoms with E-state index in [0.29, 0.717) is 0 Å². The molecule has 1 aromatic rings. The van der Waals surface area contributed by atoms with Gasteiger partial charge in [-0.2, -0.15) is 0 Å². The van der Waals surface area contributed by atoms with Gasteiger partial charge in [-0.05, 0) is 19.1 Å². The zero-order valence-electron chi connectivity index (χ0n) is 5.13. The number of nitrogens with one attached hydrogen (secondary N) is 1. The molecule has 9 heavy (non-hydrogen) atoms. The van der Waals surface area contributed by atoms with Crippen molar-refractivity contribution < 1.29 is 0 Å². The standard InChI is InChI=1S/C6H8N2S/c1-5-2-3-6(8-9)4-7-5/h2-4,8-9H,1H3. The van der Waals surface area contributed by atoms with E-state index < -0.39 is 0 Å². The molecule has 1 aromatic heterocycles. The number of nitrogens with zero attached hydrogens (tertiary/aromatic N) is 1. The van der Waals surface area contributed by atoms with Crippen LogP contribution in [0.2, 0.25) is 0 Å². The van der Waals surface area contributed by atoms with Gasteiger partial charge >= 0.3 is 0 Å². The highest BCUT2D eigenvalue weighted by atomic mass is 32.1. The monoisotopic (exact) mass is 140 g/mol. The first-order valence-electron chi connectivity index (χ1n) is 2.65. The SMILES string of the molecule is Cc1ccc(NS)cn1. The Bertz CT molecular complexity index is 183. The summed E-state index contributed by atoms with van der Waals surface area (Å²) >= 11 is 3.85. The van der Waals surface area contributed by atoms with E-state index in [0.717, 1.165) is 11.4 Å². The highest BCUT2D eigenvalue weighted by Gasteiger charge is 1.85. The third kappa shape index (κ3) is 1.61. The lowest BCUT2D eigenvalue weighted by molar-refractivity contribution is 1.20. The van der Waals surface area contributed by atoms with Crippen LogP contribution in [-0.4, -0.2) is 4.98 Å². The van der Waals surface area contributed by atoms with E-state index in [-0.39, 0.29) is 0 Å². The molecular formula is C6H8N2S. The van der Waals surface area contributed by atoms with Crippen LogP contribution >= 0.6 is 12.8 Å². The van der Waals surface area contributed by atoms with Crippen LogP contribution in [0.3, 0.4) is 0 Å². The second-order valence-electron chi connectivity index (χ2n) is 1.80. The van der Waals surface area contributed by atoms with Gasteiger partial charge < -0.3 is 4.72 Å². The number of hydrogen-bond donors (Lipinski definition) is 2. The van der Waals surface area contributed by atoms with Crippen molar-refractivity contribution >= 4 is 18.5 Å². The normalized spacial score (nSPS) is 9.11. The van der Waals surface area contributed by atoms with E-state index in [1.807, 2.05) is 19.1 Å². The van der Waals surface area contributed by atoms with Gasteiger partial charge in [-0.25, -0.2) is 0 Å². The molecule has 0 atom stereocenters. The van der Waals surface area contributed by atoms with E-state index in [9.17, 15) is 0 Å². The fourth-order valence-corrected chi connectivity index (χ4v) is 0.666. The minimum absolute atomic E-state index is 0.920. The summed E-state index contributed by atoms with van der Waals surface area (Å²) in [5, 5.41) is 0. The van der Waals surface area contributed by atoms with Gasteiger partial charge in [0.2, 0.25) is 0 Å². The number of aryl methyl sites for hydroxylation is 1. The Kier molecular flexibility index (Phi) is 1.95. The number of pyridine rings is 1. The van der Waals surface area contributed by atoms with Gasteiger partial charge in [0, 0.05) is 5.69 Å². The summed E-state index contributed by atoms with van der Waals surface area (Å²) in [5.41, 5.74) is 1.94. The fourth-order valence-electron chi connectivity index (χ4n) is 0.534. The van der Waals surface area contributed by atoms with E-state index in [2.05, 4.69) is 22.5 Å². The molecule has 48 valence electrons. The van der Waals surface area contributed by atoms with Gasteiger partial charge in [0.25, 0.3) is 0 Å². The Morgan fingerprint density at radius 3 is 2.78 bits per heavy atom. The van der Waals surface area contributed by atoms with Gasteiger partial charge in [0.15, 0.2) is 0 Å². The second kappa shape index (κ2) is 2.73. The predicted molar refractivity (Wildman–Crippen MR) is 41.6 cm³/mol. The molecule has 0 saturated carbocycles. The Morgan fingerprint density at radius 2 is 2.33 bits per heavy atom. The van der Waals surface area contributed by atoms with Crippen LogP contribution in [0.5, 0.6) is 0 Å². The molecule has 0 radical (unpaired) electrons. The van der Waals surface area contributed by atoms with Crippen LogP contribution in [-0.2, 0) is 0 Å². The summed E-state index contributed by atoms with van der Waals surface area (Å²) in [7, 11) is 0. The first-order valence-corrected chi connectivity index (χ1v) is 3.10. The second-order valence-corrected chi connectivity index (χ2v) is 2.02. The van der Waals surface area contributed by atoms with Crippen LogP contribution in [0.4, 0.5) is 5.69 Å². The van der Waals surface area contributed by atoms with Crippen molar-refractivity contribution in [2.24, 2.45) is 0 Å². The molecular weight excluding hydrogens is 132 g/mol. The lowest BCUT2D eigenvalue weighted by atomic mass is 10.4. The largest absolute Gasteiger partial charge is 0.331 e. The number of rotatable bonds is 1. The molecule has 0 unspecified atom stereocenters. The summed E-state index contributed by atoms with van der Waals surface area (Å²) in [5.74, 6) is 0. The van der Waals surface area contributed by atoms with Crippen LogP contribution < -0.4 is 4.72 Å². The fraction of sp³-hybridized carbons (Fsp3) is 0.167. The van der Waals surface area contributed by atoms with Crippen molar-refractivity contribution in [2.45, 2.75) is 6.92 Å². The molecule has 0 aliphatic rings. The van der Waals surface area contributed by atoms with Gasteiger partial charge in [-0.1, -0.05) is 12.8 Å². The Hall–Kier alpha value is -0.700. The van der Waals surface area contributed by atoms with Crippen molar-refractivity contribution in [1.82, 2.24) is 4.98 Å². The topological polar surface area (TPSA) is 24.9 Å². The maximum atomic E-state index is 4.04. The minimum atomic E-state index is 0.920. The summed E-state index contributed by atoms with van der Waals surface area (Å²) in [6.45, 7) is 1.95. The molecule has 0 bridgehead atoms.